The van der Waals surface area contributed by atoms with Crippen molar-refractivity contribution in [3.8, 4) is 0 Å². The normalized spacial score (nSPS) is 19.0. The van der Waals surface area contributed by atoms with Gasteiger partial charge >= 0.3 is 0 Å². The summed E-state index contributed by atoms with van der Waals surface area (Å²) in [4.78, 5) is 10.1. The van der Waals surface area contributed by atoms with Gasteiger partial charge in [-0.2, -0.15) is 5.48 Å². The van der Waals surface area contributed by atoms with Crippen LogP contribution in [0.15, 0.2) is 41.6 Å². The van der Waals surface area contributed by atoms with Crippen molar-refractivity contribution in [2.45, 2.75) is 32.4 Å². The number of nitrogens with one attached hydrogen (secondary N) is 1. The largest absolute Gasteiger partial charge is 0.502 e. The summed E-state index contributed by atoms with van der Waals surface area (Å²) in [5, 5.41) is 9.10. The van der Waals surface area contributed by atoms with Crippen LogP contribution < -0.4 is 5.48 Å². The predicted molar refractivity (Wildman–Crippen MR) is 86.2 cm³/mol. The zero-order valence-corrected chi connectivity index (χ0v) is 13.2. The van der Waals surface area contributed by atoms with E-state index in [1.807, 2.05) is 24.3 Å². The Labute approximate surface area is 131 Å². The van der Waals surface area contributed by atoms with Crippen LogP contribution in [0.5, 0.6) is 0 Å². The van der Waals surface area contributed by atoms with Gasteiger partial charge in [0.05, 0.1) is 32.1 Å². The highest BCUT2D eigenvalue weighted by Crippen LogP contribution is 2.23. The molecule has 0 aliphatic carbocycles. The van der Waals surface area contributed by atoms with Crippen LogP contribution in [0.2, 0.25) is 0 Å². The number of rotatable bonds is 7. The Morgan fingerprint density at radius 1 is 1.50 bits per heavy atom. The van der Waals surface area contributed by atoms with Crippen molar-refractivity contribution in [3.63, 3.8) is 0 Å². The molecule has 1 aliphatic heterocycles. The monoisotopic (exact) mass is 304 g/mol. The number of ether oxygens (including phenoxy) is 1. The number of aliphatic hydroxyl groups is 1. The molecular weight excluding hydrogens is 280 g/mol. The van der Waals surface area contributed by atoms with E-state index in [4.69, 9.17) is 14.7 Å². The highest BCUT2D eigenvalue weighted by atomic mass is 16.7. The fourth-order valence-electron chi connectivity index (χ4n) is 2.42. The second-order valence-electron chi connectivity index (χ2n) is 5.65. The van der Waals surface area contributed by atoms with E-state index in [1.54, 1.807) is 7.11 Å². The molecule has 2 atom stereocenters. The molecule has 2 N–H and O–H groups in total. The van der Waals surface area contributed by atoms with E-state index in [1.165, 1.54) is 0 Å². The lowest BCUT2D eigenvalue weighted by Gasteiger charge is -2.23. The Morgan fingerprint density at radius 3 is 2.86 bits per heavy atom. The summed E-state index contributed by atoms with van der Waals surface area (Å²) in [6, 6.07) is 7.88. The van der Waals surface area contributed by atoms with Gasteiger partial charge < -0.3 is 14.7 Å². The maximum Gasteiger partial charge on any atom is 0.210 e. The summed E-state index contributed by atoms with van der Waals surface area (Å²) in [6.45, 7) is 6.66. The number of aliphatic hydroxyl groups excluding tert-OH is 1. The molecule has 0 amide bonds. The van der Waals surface area contributed by atoms with Crippen molar-refractivity contribution in [2.75, 3.05) is 13.7 Å². The molecule has 0 aromatic heterocycles. The molecule has 120 valence electrons. The van der Waals surface area contributed by atoms with Gasteiger partial charge in [0.1, 0.15) is 0 Å². The van der Waals surface area contributed by atoms with Crippen LogP contribution in [0.4, 0.5) is 0 Å². The van der Waals surface area contributed by atoms with Gasteiger partial charge in [0.2, 0.25) is 5.90 Å². The van der Waals surface area contributed by atoms with Crippen LogP contribution >= 0.6 is 0 Å². The van der Waals surface area contributed by atoms with Crippen molar-refractivity contribution in [3.05, 3.63) is 47.7 Å². The quantitative estimate of drug-likeness (QED) is 0.760. The van der Waals surface area contributed by atoms with E-state index in [9.17, 15) is 0 Å². The molecule has 0 radical (unpaired) electrons. The Bertz CT molecular complexity index is 525. The number of methoxy groups -OCH3 is 1. The van der Waals surface area contributed by atoms with E-state index >= 15 is 0 Å². The summed E-state index contributed by atoms with van der Waals surface area (Å²) >= 11 is 0. The van der Waals surface area contributed by atoms with Gasteiger partial charge in [0.25, 0.3) is 0 Å². The first kappa shape index (κ1) is 16.5. The van der Waals surface area contributed by atoms with Gasteiger partial charge in [-0.15, -0.1) is 0 Å². The summed E-state index contributed by atoms with van der Waals surface area (Å²) in [6.07, 6.45) is 1.52. The molecule has 1 heterocycles. The lowest BCUT2D eigenvalue weighted by molar-refractivity contribution is 0.145. The van der Waals surface area contributed by atoms with Crippen LogP contribution in [-0.2, 0) is 16.2 Å². The number of nitrogens with zero attached hydrogens (tertiary/aromatic N) is 1. The van der Waals surface area contributed by atoms with Crippen LogP contribution in [0.3, 0.4) is 0 Å². The number of benzene rings is 1. The van der Waals surface area contributed by atoms with Gasteiger partial charge in [0, 0.05) is 12.8 Å². The standard InChI is InChI=1S/C17H24N2O3/c1-12(8-13(2)21-3)9-17-19-16(10-18-22-17)15-6-4-14(11-20)5-7-15/h4-7,12,16,18,20H,2,8-11H2,1,3H3. The van der Waals surface area contributed by atoms with E-state index in [0.717, 1.165) is 29.7 Å². The van der Waals surface area contributed by atoms with Gasteiger partial charge in [0.15, 0.2) is 0 Å². The highest BCUT2D eigenvalue weighted by molar-refractivity contribution is 5.76. The van der Waals surface area contributed by atoms with E-state index in [-0.39, 0.29) is 12.6 Å². The lowest BCUT2D eigenvalue weighted by atomic mass is 10.0. The van der Waals surface area contributed by atoms with E-state index in [2.05, 4.69) is 24.0 Å². The highest BCUT2D eigenvalue weighted by Gasteiger charge is 2.20. The molecule has 1 aliphatic rings. The summed E-state index contributed by atoms with van der Waals surface area (Å²) in [5.41, 5.74) is 4.96. The average Bonchev–Trinajstić information content (AvgIpc) is 2.55. The second kappa shape index (κ2) is 7.96. The third kappa shape index (κ3) is 4.58. The van der Waals surface area contributed by atoms with Gasteiger partial charge in [-0.3, -0.25) is 0 Å². The molecule has 2 rings (SSSR count). The van der Waals surface area contributed by atoms with Gasteiger partial charge in [-0.25, -0.2) is 4.99 Å². The Balaban J connectivity index is 2.00. The van der Waals surface area contributed by atoms with E-state index < -0.39 is 0 Å². The van der Waals surface area contributed by atoms with E-state index in [0.29, 0.717) is 18.4 Å². The molecule has 0 saturated heterocycles. The number of hydrogen-bond donors (Lipinski definition) is 2. The molecular formula is C17H24N2O3. The number of hydrogen-bond acceptors (Lipinski definition) is 5. The Kier molecular flexibility index (Phi) is 5.98. The molecule has 0 spiro atoms. The van der Waals surface area contributed by atoms with Crippen LogP contribution in [0.1, 0.15) is 36.9 Å². The average molecular weight is 304 g/mol. The predicted octanol–water partition coefficient (Wildman–Crippen LogP) is 2.73. The molecule has 2 unspecified atom stereocenters. The SMILES string of the molecule is C=C(CC(C)CC1=NC(c2ccc(CO)cc2)CNO1)OC. The first-order valence-corrected chi connectivity index (χ1v) is 7.50. The number of aliphatic imine (C=N–C) groups is 1. The minimum Gasteiger partial charge on any atom is -0.502 e. The maximum absolute atomic E-state index is 9.10. The smallest absolute Gasteiger partial charge is 0.210 e. The Morgan fingerprint density at radius 2 is 2.23 bits per heavy atom. The first-order valence-electron chi connectivity index (χ1n) is 7.50. The molecule has 0 fully saturated rings. The summed E-state index contributed by atoms with van der Waals surface area (Å²) < 4.78 is 5.11. The molecule has 1 aromatic carbocycles. The van der Waals surface area contributed by atoms with Crippen LogP contribution in [0, 0.1) is 5.92 Å². The second-order valence-corrected chi connectivity index (χ2v) is 5.65. The fraction of sp³-hybridized carbons (Fsp3) is 0.471. The van der Waals surface area contributed by atoms with Gasteiger partial charge in [-0.1, -0.05) is 37.8 Å². The topological polar surface area (TPSA) is 63.1 Å². The van der Waals surface area contributed by atoms with Gasteiger partial charge in [-0.05, 0) is 17.0 Å². The molecule has 0 saturated carbocycles. The minimum absolute atomic E-state index is 0.0364. The van der Waals surface area contributed by atoms with Crippen molar-refractivity contribution in [1.82, 2.24) is 5.48 Å². The molecule has 5 heteroatoms. The zero-order valence-electron chi connectivity index (χ0n) is 13.2. The number of hydroxylamine groups is 1. The van der Waals surface area contributed by atoms with Crippen LogP contribution in [-0.4, -0.2) is 24.7 Å². The van der Waals surface area contributed by atoms with Crippen molar-refractivity contribution in [1.29, 1.82) is 0 Å². The third-order valence-corrected chi connectivity index (χ3v) is 3.70. The van der Waals surface area contributed by atoms with Crippen LogP contribution in [0.25, 0.3) is 0 Å². The maximum atomic E-state index is 9.10. The van der Waals surface area contributed by atoms with Crippen molar-refractivity contribution in [2.24, 2.45) is 10.9 Å². The van der Waals surface area contributed by atoms with Crippen molar-refractivity contribution < 1.29 is 14.7 Å². The summed E-state index contributed by atoms with van der Waals surface area (Å²) in [7, 11) is 1.64. The molecule has 22 heavy (non-hydrogen) atoms. The first-order chi connectivity index (χ1) is 10.6. The Hall–Kier alpha value is -1.85. The fourth-order valence-corrected chi connectivity index (χ4v) is 2.42. The molecule has 0 bridgehead atoms. The molecule has 5 nitrogen and oxygen atoms in total. The summed E-state index contributed by atoms with van der Waals surface area (Å²) in [5.74, 6) is 1.83. The minimum atomic E-state index is 0.0364. The molecule has 1 aromatic rings. The zero-order chi connectivity index (χ0) is 15.9. The lowest BCUT2D eigenvalue weighted by Crippen LogP contribution is -2.31. The van der Waals surface area contributed by atoms with Crippen molar-refractivity contribution >= 4 is 5.90 Å². The third-order valence-electron chi connectivity index (χ3n) is 3.70. The number of allylic oxidation sites excluding steroid dienone is 1.